The first-order valence-corrected chi connectivity index (χ1v) is 4.40. The van der Waals surface area contributed by atoms with Gasteiger partial charge in [0.05, 0.1) is 0 Å². The van der Waals surface area contributed by atoms with E-state index in [4.69, 9.17) is 10.2 Å². The SMILES string of the molecule is O=CCCC(NC(=O)NCC(=O)O)C(=O)O. The molecule has 1 unspecified atom stereocenters. The average molecular weight is 232 g/mol. The minimum atomic E-state index is -1.28. The van der Waals surface area contributed by atoms with Gasteiger partial charge in [-0.2, -0.15) is 0 Å². The van der Waals surface area contributed by atoms with Gasteiger partial charge in [-0.1, -0.05) is 0 Å². The number of hydrogen-bond donors (Lipinski definition) is 4. The highest BCUT2D eigenvalue weighted by atomic mass is 16.4. The maximum atomic E-state index is 11.0. The summed E-state index contributed by atoms with van der Waals surface area (Å²) in [4.78, 5) is 41.7. The predicted molar refractivity (Wildman–Crippen MR) is 50.9 cm³/mol. The summed E-state index contributed by atoms with van der Waals surface area (Å²) in [5.74, 6) is -2.53. The lowest BCUT2D eigenvalue weighted by atomic mass is 10.2. The molecular formula is C8H12N2O6. The zero-order valence-corrected chi connectivity index (χ0v) is 8.30. The van der Waals surface area contributed by atoms with E-state index in [0.29, 0.717) is 6.29 Å². The molecule has 0 aliphatic heterocycles. The highest BCUT2D eigenvalue weighted by Crippen LogP contribution is 1.95. The molecule has 0 saturated heterocycles. The molecule has 0 heterocycles. The largest absolute Gasteiger partial charge is 0.480 e. The van der Waals surface area contributed by atoms with E-state index in [0.717, 1.165) is 0 Å². The van der Waals surface area contributed by atoms with Crippen LogP contribution in [0.2, 0.25) is 0 Å². The van der Waals surface area contributed by atoms with Crippen molar-refractivity contribution in [3.05, 3.63) is 0 Å². The highest BCUT2D eigenvalue weighted by molar-refractivity contribution is 5.84. The first-order valence-electron chi connectivity index (χ1n) is 4.40. The fourth-order valence-electron chi connectivity index (χ4n) is 0.857. The number of carbonyl (C=O) groups is 4. The minimum Gasteiger partial charge on any atom is -0.480 e. The van der Waals surface area contributed by atoms with Gasteiger partial charge in [0.1, 0.15) is 18.9 Å². The molecule has 90 valence electrons. The summed E-state index contributed by atoms with van der Waals surface area (Å²) in [5, 5.41) is 20.9. The van der Waals surface area contributed by atoms with Crippen LogP contribution in [0.1, 0.15) is 12.8 Å². The summed E-state index contributed by atoms with van der Waals surface area (Å²) in [6, 6.07) is -2.11. The Morgan fingerprint density at radius 2 is 1.88 bits per heavy atom. The average Bonchev–Trinajstić information content (AvgIpc) is 2.20. The third-order valence-electron chi connectivity index (χ3n) is 1.58. The number of aliphatic carboxylic acids is 2. The molecule has 16 heavy (non-hydrogen) atoms. The van der Waals surface area contributed by atoms with Gasteiger partial charge < -0.3 is 25.6 Å². The number of carboxylic acids is 2. The number of urea groups is 1. The van der Waals surface area contributed by atoms with Crippen LogP contribution in [-0.2, 0) is 14.4 Å². The van der Waals surface area contributed by atoms with Crippen LogP contribution < -0.4 is 10.6 Å². The molecule has 0 bridgehead atoms. The monoisotopic (exact) mass is 232 g/mol. The summed E-state index contributed by atoms with van der Waals surface area (Å²) < 4.78 is 0. The predicted octanol–water partition coefficient (Wildman–Crippen LogP) is -1.20. The summed E-state index contributed by atoms with van der Waals surface area (Å²) in [6.07, 6.45) is 0.488. The number of aldehydes is 1. The third-order valence-corrected chi connectivity index (χ3v) is 1.58. The Labute approximate surface area is 90.6 Å². The van der Waals surface area contributed by atoms with Crippen molar-refractivity contribution in [2.45, 2.75) is 18.9 Å². The molecule has 0 spiro atoms. The quantitative estimate of drug-likeness (QED) is 0.407. The molecular weight excluding hydrogens is 220 g/mol. The fraction of sp³-hybridized carbons (Fsp3) is 0.500. The summed E-state index contributed by atoms with van der Waals surface area (Å²) >= 11 is 0. The van der Waals surface area contributed by atoms with Crippen LogP contribution >= 0.6 is 0 Å². The highest BCUT2D eigenvalue weighted by Gasteiger charge is 2.19. The molecule has 0 aromatic heterocycles. The number of carbonyl (C=O) groups excluding carboxylic acids is 2. The molecule has 0 aliphatic carbocycles. The Balaban J connectivity index is 4.07. The van der Waals surface area contributed by atoms with Gasteiger partial charge >= 0.3 is 18.0 Å². The van der Waals surface area contributed by atoms with E-state index in [1.54, 1.807) is 0 Å². The van der Waals surface area contributed by atoms with E-state index >= 15 is 0 Å². The molecule has 8 heteroatoms. The van der Waals surface area contributed by atoms with Crippen LogP contribution in [0.25, 0.3) is 0 Å². The number of rotatable bonds is 7. The van der Waals surface area contributed by atoms with Crippen LogP contribution in [0.3, 0.4) is 0 Å². The van der Waals surface area contributed by atoms with Crippen LogP contribution in [0.4, 0.5) is 4.79 Å². The van der Waals surface area contributed by atoms with E-state index < -0.39 is 30.6 Å². The van der Waals surface area contributed by atoms with E-state index in [2.05, 4.69) is 0 Å². The Morgan fingerprint density at radius 1 is 1.25 bits per heavy atom. The maximum absolute atomic E-state index is 11.0. The van der Waals surface area contributed by atoms with E-state index in [-0.39, 0.29) is 12.8 Å². The van der Waals surface area contributed by atoms with Gasteiger partial charge in [-0.3, -0.25) is 4.79 Å². The van der Waals surface area contributed by atoms with Gasteiger partial charge in [-0.25, -0.2) is 9.59 Å². The molecule has 0 aliphatic rings. The normalized spacial score (nSPS) is 11.2. The molecule has 4 N–H and O–H groups in total. The van der Waals surface area contributed by atoms with Gasteiger partial charge in [0.25, 0.3) is 0 Å². The van der Waals surface area contributed by atoms with Gasteiger partial charge in [0.15, 0.2) is 0 Å². The number of hydrogen-bond acceptors (Lipinski definition) is 4. The summed E-state index contributed by atoms with van der Waals surface area (Å²) in [7, 11) is 0. The van der Waals surface area contributed by atoms with Gasteiger partial charge in [-0.15, -0.1) is 0 Å². The van der Waals surface area contributed by atoms with Crippen molar-refractivity contribution in [1.29, 1.82) is 0 Å². The van der Waals surface area contributed by atoms with Crippen molar-refractivity contribution in [3.63, 3.8) is 0 Å². The zero-order chi connectivity index (χ0) is 12.6. The van der Waals surface area contributed by atoms with Crippen LogP contribution in [-0.4, -0.2) is 47.1 Å². The molecule has 8 nitrogen and oxygen atoms in total. The molecule has 2 amide bonds. The van der Waals surface area contributed by atoms with Crippen LogP contribution in [0.15, 0.2) is 0 Å². The van der Waals surface area contributed by atoms with Crippen molar-refractivity contribution < 1.29 is 29.4 Å². The van der Waals surface area contributed by atoms with Crippen LogP contribution in [0.5, 0.6) is 0 Å². The lowest BCUT2D eigenvalue weighted by Crippen LogP contribution is -2.47. The van der Waals surface area contributed by atoms with Crippen LogP contribution in [0, 0.1) is 0 Å². The number of nitrogens with one attached hydrogen (secondary N) is 2. The van der Waals surface area contributed by atoms with E-state index in [1.165, 1.54) is 0 Å². The lowest BCUT2D eigenvalue weighted by molar-refractivity contribution is -0.139. The standard InChI is InChI=1S/C8H12N2O6/c11-3-1-2-5(7(14)15)10-8(16)9-4-6(12)13/h3,5H,1-2,4H2,(H,12,13)(H,14,15)(H2,9,10,16). The minimum absolute atomic E-state index is 0.00379. The second kappa shape index (κ2) is 7.21. The Morgan fingerprint density at radius 3 is 2.31 bits per heavy atom. The van der Waals surface area contributed by atoms with Gasteiger partial charge in [0.2, 0.25) is 0 Å². The first-order chi connectivity index (χ1) is 7.47. The van der Waals surface area contributed by atoms with Gasteiger partial charge in [0, 0.05) is 6.42 Å². The smallest absolute Gasteiger partial charge is 0.326 e. The molecule has 0 aromatic rings. The number of amides is 2. The lowest BCUT2D eigenvalue weighted by Gasteiger charge is -2.13. The van der Waals surface area contributed by atoms with Crippen molar-refractivity contribution in [1.82, 2.24) is 10.6 Å². The van der Waals surface area contributed by atoms with E-state index in [9.17, 15) is 19.2 Å². The van der Waals surface area contributed by atoms with Crippen molar-refractivity contribution in [2.75, 3.05) is 6.54 Å². The zero-order valence-electron chi connectivity index (χ0n) is 8.30. The first kappa shape index (κ1) is 13.9. The van der Waals surface area contributed by atoms with Gasteiger partial charge in [-0.05, 0) is 6.42 Å². The maximum Gasteiger partial charge on any atom is 0.326 e. The Bertz CT molecular complexity index is 290. The molecule has 0 saturated carbocycles. The fourth-order valence-corrected chi connectivity index (χ4v) is 0.857. The summed E-state index contributed by atoms with van der Waals surface area (Å²) in [6.45, 7) is -0.605. The second-order valence-corrected chi connectivity index (χ2v) is 2.86. The molecule has 0 rings (SSSR count). The van der Waals surface area contributed by atoms with E-state index in [1.807, 2.05) is 10.6 Å². The molecule has 0 aromatic carbocycles. The van der Waals surface area contributed by atoms with Crippen molar-refractivity contribution in [3.8, 4) is 0 Å². The Kier molecular flexibility index (Phi) is 6.25. The van der Waals surface area contributed by atoms with Crippen molar-refractivity contribution >= 4 is 24.3 Å². The molecule has 0 radical (unpaired) electrons. The topological polar surface area (TPSA) is 133 Å². The molecule has 0 fully saturated rings. The summed E-state index contributed by atoms with van der Waals surface area (Å²) in [5.41, 5.74) is 0. The number of carboxylic acid groups (broad SMARTS) is 2. The second-order valence-electron chi connectivity index (χ2n) is 2.86. The Hall–Kier alpha value is -2.12. The third kappa shape index (κ3) is 6.35. The van der Waals surface area contributed by atoms with Crippen molar-refractivity contribution in [2.24, 2.45) is 0 Å². The molecule has 1 atom stereocenters.